The van der Waals surface area contributed by atoms with Crippen molar-refractivity contribution in [3.05, 3.63) is 53.2 Å². The number of nitrogens with zero attached hydrogens (tertiary/aromatic N) is 4. The molecule has 1 aromatic heterocycles. The number of anilines is 2. The average molecular weight is 585 g/mol. The van der Waals surface area contributed by atoms with E-state index in [0.29, 0.717) is 19.0 Å². The minimum Gasteiger partial charge on any atom is -0.490 e. The number of carbonyl (C=O) groups excluding carboxylic acids is 3. The molecule has 2 N–H and O–H groups in total. The molecule has 1 aromatic carbocycles. The zero-order chi connectivity index (χ0) is 29.0. The summed E-state index contributed by atoms with van der Waals surface area (Å²) < 4.78 is 5.93. The number of aromatic nitrogens is 1. The van der Waals surface area contributed by atoms with Crippen LogP contribution in [0.1, 0.15) is 55.7 Å². The number of thioether (sulfide) groups is 1. The maximum absolute atomic E-state index is 13.6. The third kappa shape index (κ3) is 5.09. The second-order valence-corrected chi connectivity index (χ2v) is 12.9. The number of piperidine rings is 1. The number of aryl methyl sites for hydroxylation is 1. The van der Waals surface area contributed by atoms with Gasteiger partial charge in [0.05, 0.1) is 23.5 Å². The Hall–Kier alpha value is -4.04. The number of carbonyl (C=O) groups is 3. The molecule has 5 aliphatic rings. The summed E-state index contributed by atoms with van der Waals surface area (Å²) in [5, 5.41) is 15.8. The Kier molecular flexibility index (Phi) is 6.81. The van der Waals surface area contributed by atoms with Gasteiger partial charge in [0, 0.05) is 30.9 Å². The molecule has 11 heteroatoms. The van der Waals surface area contributed by atoms with Gasteiger partial charge in [-0.3, -0.25) is 14.5 Å². The van der Waals surface area contributed by atoms with Crippen molar-refractivity contribution >= 4 is 41.0 Å². The van der Waals surface area contributed by atoms with E-state index in [-0.39, 0.29) is 35.6 Å². The number of hydrogen-bond acceptors (Lipinski definition) is 7. The Labute approximate surface area is 248 Å². The molecule has 2 saturated carbocycles. The number of nitrogens with one attached hydrogen (secondary N) is 2. The van der Waals surface area contributed by atoms with Crippen molar-refractivity contribution in [2.24, 2.45) is 5.92 Å². The number of ether oxygens (including phenoxy) is 1. The molecule has 216 valence electrons. The maximum atomic E-state index is 13.6. The minimum absolute atomic E-state index is 0.194. The van der Waals surface area contributed by atoms with E-state index in [1.807, 2.05) is 31.2 Å². The van der Waals surface area contributed by atoms with E-state index in [4.69, 9.17) is 4.74 Å². The summed E-state index contributed by atoms with van der Waals surface area (Å²) in [5.74, 6) is 0.664. The molecule has 4 heterocycles. The van der Waals surface area contributed by atoms with Crippen molar-refractivity contribution in [3.8, 4) is 11.8 Å². The Morgan fingerprint density at radius 1 is 1.19 bits per heavy atom. The average Bonchev–Trinajstić information content (AvgIpc) is 3.92. The topological polar surface area (TPSA) is 128 Å². The van der Waals surface area contributed by atoms with E-state index < -0.39 is 11.3 Å². The number of hydrogen-bond donors (Lipinski definition) is 2. The molecular weight excluding hydrogens is 552 g/mol. The fourth-order valence-electron chi connectivity index (χ4n) is 5.98. The highest BCUT2D eigenvalue weighted by Gasteiger charge is 2.47. The van der Waals surface area contributed by atoms with Gasteiger partial charge in [0.15, 0.2) is 0 Å². The summed E-state index contributed by atoms with van der Waals surface area (Å²) >= 11 is 1.35. The summed E-state index contributed by atoms with van der Waals surface area (Å²) in [6, 6.07) is 8.58. The summed E-state index contributed by atoms with van der Waals surface area (Å²) in [5.41, 5.74) is 3.41. The van der Waals surface area contributed by atoms with Crippen LogP contribution in [0.25, 0.3) is 0 Å². The van der Waals surface area contributed by atoms with Crippen LogP contribution >= 0.6 is 11.8 Å². The van der Waals surface area contributed by atoms with Gasteiger partial charge in [-0.25, -0.2) is 9.78 Å². The van der Waals surface area contributed by atoms with Crippen LogP contribution in [0.15, 0.2) is 47.1 Å². The number of allylic oxidation sites excluding steroid dienone is 1. The normalized spacial score (nSPS) is 24.9. The van der Waals surface area contributed by atoms with Crippen LogP contribution in [0.3, 0.4) is 0 Å². The van der Waals surface area contributed by atoms with Crippen molar-refractivity contribution in [2.45, 2.75) is 73.9 Å². The Balaban J connectivity index is 1.07. The van der Waals surface area contributed by atoms with E-state index in [2.05, 4.69) is 21.7 Å². The number of rotatable bonds is 7. The van der Waals surface area contributed by atoms with Crippen LogP contribution in [0.5, 0.6) is 5.75 Å². The van der Waals surface area contributed by atoms with E-state index in [9.17, 15) is 19.6 Å². The van der Waals surface area contributed by atoms with Crippen LogP contribution < -0.4 is 20.3 Å². The predicted octanol–water partition coefficient (Wildman–Crippen LogP) is 4.28. The van der Waals surface area contributed by atoms with Crippen molar-refractivity contribution in [3.63, 3.8) is 0 Å². The molecule has 3 aliphatic heterocycles. The first-order valence-electron chi connectivity index (χ1n) is 14.6. The molecule has 0 radical (unpaired) electrons. The lowest BCUT2D eigenvalue weighted by Crippen LogP contribution is -2.54. The molecule has 2 aromatic rings. The van der Waals surface area contributed by atoms with Crippen molar-refractivity contribution in [1.82, 2.24) is 20.5 Å². The quantitative estimate of drug-likeness (QED) is 0.367. The van der Waals surface area contributed by atoms with Gasteiger partial charge >= 0.3 is 6.03 Å². The molecule has 2 unspecified atom stereocenters. The molecule has 10 nitrogen and oxygen atoms in total. The number of amides is 4. The van der Waals surface area contributed by atoms with Crippen molar-refractivity contribution in [1.29, 1.82) is 5.26 Å². The Morgan fingerprint density at radius 2 is 2.02 bits per heavy atom. The highest BCUT2D eigenvalue weighted by Crippen LogP contribution is 2.51. The molecule has 7 rings (SSSR count). The molecule has 4 amide bonds. The minimum atomic E-state index is -0.592. The van der Waals surface area contributed by atoms with Crippen LogP contribution in [-0.4, -0.2) is 58.2 Å². The van der Waals surface area contributed by atoms with E-state index in [1.54, 1.807) is 22.1 Å². The largest absolute Gasteiger partial charge is 0.490 e. The molecule has 3 fully saturated rings. The fourth-order valence-corrected chi connectivity index (χ4v) is 7.22. The molecule has 0 bridgehead atoms. The standard InChI is InChI=1S/C31H32N6O4S/c1-17-13-22(41-21-6-7-21)8-9-23(17)37-24-10-11-33-29-25(24)26(35-31(37)40)27(42-29)28(38)34-20-3-2-12-36(16-20)30(39)19(15-32)14-18-4-5-18/h8-11,13-14,18,20-21,26-27H,2-7,12,16H2,1H3,(H,34,38)(H,35,40)/b19-14+/t20?,26?,27-/m1/s1. The van der Waals surface area contributed by atoms with E-state index in [1.165, 1.54) is 11.8 Å². The summed E-state index contributed by atoms with van der Waals surface area (Å²) in [6.45, 7) is 2.88. The number of likely N-dealkylation sites (tertiary alicyclic amines) is 1. The van der Waals surface area contributed by atoms with Gasteiger partial charge in [-0.05, 0) is 81.2 Å². The van der Waals surface area contributed by atoms with Gasteiger partial charge in [-0.2, -0.15) is 5.26 Å². The van der Waals surface area contributed by atoms with Gasteiger partial charge in [-0.15, -0.1) is 0 Å². The van der Waals surface area contributed by atoms with E-state index in [0.717, 1.165) is 71.8 Å². The van der Waals surface area contributed by atoms with Crippen LogP contribution in [0, 0.1) is 24.2 Å². The third-order valence-corrected chi connectivity index (χ3v) is 9.72. The maximum Gasteiger partial charge on any atom is 0.327 e. The lowest BCUT2D eigenvalue weighted by molar-refractivity contribution is -0.129. The van der Waals surface area contributed by atoms with Gasteiger partial charge in [0.2, 0.25) is 5.91 Å². The lowest BCUT2D eigenvalue weighted by atomic mass is 9.98. The highest BCUT2D eigenvalue weighted by atomic mass is 32.2. The van der Waals surface area contributed by atoms with Crippen LogP contribution in [0.2, 0.25) is 0 Å². The number of nitriles is 1. The second-order valence-electron chi connectivity index (χ2n) is 11.7. The third-order valence-electron chi connectivity index (χ3n) is 8.43. The monoisotopic (exact) mass is 584 g/mol. The number of urea groups is 1. The Bertz CT molecular complexity index is 1540. The van der Waals surface area contributed by atoms with Gasteiger partial charge in [-0.1, -0.05) is 17.8 Å². The van der Waals surface area contributed by atoms with Gasteiger partial charge in [0.25, 0.3) is 5.91 Å². The predicted molar refractivity (Wildman–Crippen MR) is 156 cm³/mol. The molecular formula is C31H32N6O4S. The van der Waals surface area contributed by atoms with Crippen molar-refractivity contribution in [2.75, 3.05) is 18.0 Å². The number of benzene rings is 1. The summed E-state index contributed by atoms with van der Waals surface area (Å²) in [6.07, 6.45) is 9.41. The molecule has 2 aliphatic carbocycles. The fraction of sp³-hybridized carbons (Fsp3) is 0.452. The summed E-state index contributed by atoms with van der Waals surface area (Å²) in [4.78, 5) is 48.1. The van der Waals surface area contributed by atoms with Crippen molar-refractivity contribution < 1.29 is 19.1 Å². The SMILES string of the molecule is Cc1cc(OC2CC2)ccc1N1C(=O)NC2c3c1ccnc3S[C@H]2C(=O)NC1CCCN(C(=O)/C(C#N)=C/C2CC2)C1. The van der Waals surface area contributed by atoms with Crippen LogP contribution in [-0.2, 0) is 9.59 Å². The lowest BCUT2D eigenvalue weighted by Gasteiger charge is -2.36. The summed E-state index contributed by atoms with van der Waals surface area (Å²) in [7, 11) is 0. The zero-order valence-electron chi connectivity index (χ0n) is 23.3. The first-order valence-corrected chi connectivity index (χ1v) is 15.5. The first kappa shape index (κ1) is 26.8. The smallest absolute Gasteiger partial charge is 0.327 e. The Morgan fingerprint density at radius 3 is 2.76 bits per heavy atom. The van der Waals surface area contributed by atoms with E-state index >= 15 is 0 Å². The second kappa shape index (κ2) is 10.7. The van der Waals surface area contributed by atoms with Gasteiger partial charge < -0.3 is 20.3 Å². The van der Waals surface area contributed by atoms with Gasteiger partial charge in [0.1, 0.15) is 27.7 Å². The zero-order valence-corrected chi connectivity index (χ0v) is 24.2. The molecule has 3 atom stereocenters. The van der Waals surface area contributed by atoms with Crippen LogP contribution in [0.4, 0.5) is 16.2 Å². The first-order chi connectivity index (χ1) is 20.4. The highest BCUT2D eigenvalue weighted by molar-refractivity contribution is 8.01. The molecule has 42 heavy (non-hydrogen) atoms. The molecule has 1 saturated heterocycles. The molecule has 0 spiro atoms. The number of pyridine rings is 1.